The van der Waals surface area contributed by atoms with Crippen LogP contribution in [0.1, 0.15) is 13.3 Å². The molecule has 0 fully saturated rings. The van der Waals surface area contributed by atoms with Crippen LogP contribution < -0.4 is 4.74 Å². The third kappa shape index (κ3) is 4.29. The van der Waals surface area contributed by atoms with Crippen molar-refractivity contribution in [2.75, 3.05) is 13.2 Å². The van der Waals surface area contributed by atoms with E-state index in [1.165, 1.54) is 0 Å². The van der Waals surface area contributed by atoms with E-state index in [0.717, 1.165) is 12.1 Å². The summed E-state index contributed by atoms with van der Waals surface area (Å²) in [6.45, 7) is 1.91. The van der Waals surface area contributed by atoms with Crippen LogP contribution in [0.2, 0.25) is 0 Å². The minimum Gasteiger partial charge on any atom is -0.490 e. The molecule has 18 heavy (non-hydrogen) atoms. The van der Waals surface area contributed by atoms with Crippen LogP contribution >= 0.6 is 0 Å². The highest BCUT2D eigenvalue weighted by Gasteiger charge is 2.17. The second-order valence-corrected chi connectivity index (χ2v) is 3.49. The Balaban J connectivity index is 2.47. The summed E-state index contributed by atoms with van der Waals surface area (Å²) in [5, 5.41) is 8.79. The summed E-state index contributed by atoms with van der Waals surface area (Å²) in [5.74, 6) is -2.73. The predicted octanol–water partition coefficient (Wildman–Crippen LogP) is 2.22. The summed E-state index contributed by atoms with van der Waals surface area (Å²) in [5.41, 5.74) is 0. The van der Waals surface area contributed by atoms with Crippen LogP contribution in [0.5, 0.6) is 5.75 Å². The van der Waals surface area contributed by atoms with Gasteiger partial charge in [0.1, 0.15) is 5.82 Å². The molecule has 0 saturated heterocycles. The zero-order valence-electron chi connectivity index (χ0n) is 9.86. The van der Waals surface area contributed by atoms with Gasteiger partial charge in [-0.15, -0.1) is 0 Å². The van der Waals surface area contributed by atoms with E-state index in [2.05, 4.69) is 0 Å². The molecule has 0 radical (unpaired) electrons. The fraction of sp³-hybridized carbons (Fsp3) is 0.417. The SMILES string of the molecule is CCOC(CCOc1ccc(F)cc1F)C(=O)O. The van der Waals surface area contributed by atoms with Gasteiger partial charge in [-0.1, -0.05) is 0 Å². The average Bonchev–Trinajstić information content (AvgIpc) is 2.30. The van der Waals surface area contributed by atoms with Gasteiger partial charge in [-0.2, -0.15) is 0 Å². The molecule has 0 amide bonds. The van der Waals surface area contributed by atoms with E-state index in [1.807, 2.05) is 0 Å². The number of carboxylic acid groups (broad SMARTS) is 1. The third-order valence-electron chi connectivity index (χ3n) is 2.17. The zero-order chi connectivity index (χ0) is 13.5. The summed E-state index contributed by atoms with van der Waals surface area (Å²) in [6, 6.07) is 2.92. The lowest BCUT2D eigenvalue weighted by Gasteiger charge is -2.13. The molecule has 0 aliphatic rings. The molecule has 0 aliphatic carbocycles. The van der Waals surface area contributed by atoms with Crippen LogP contribution in [0.3, 0.4) is 0 Å². The minimum atomic E-state index is -1.10. The Hall–Kier alpha value is -1.69. The topological polar surface area (TPSA) is 55.8 Å². The number of benzene rings is 1. The fourth-order valence-corrected chi connectivity index (χ4v) is 1.35. The first kappa shape index (κ1) is 14.4. The molecule has 1 aromatic carbocycles. The van der Waals surface area contributed by atoms with Crippen molar-refractivity contribution in [2.24, 2.45) is 0 Å². The maximum absolute atomic E-state index is 13.2. The number of hydrogen-bond acceptors (Lipinski definition) is 3. The van der Waals surface area contributed by atoms with Gasteiger partial charge < -0.3 is 14.6 Å². The van der Waals surface area contributed by atoms with Crippen molar-refractivity contribution in [3.05, 3.63) is 29.8 Å². The molecule has 1 atom stereocenters. The van der Waals surface area contributed by atoms with E-state index in [0.29, 0.717) is 6.07 Å². The van der Waals surface area contributed by atoms with E-state index >= 15 is 0 Å². The summed E-state index contributed by atoms with van der Waals surface area (Å²) >= 11 is 0. The molecule has 0 saturated carbocycles. The highest BCUT2D eigenvalue weighted by molar-refractivity contribution is 5.72. The maximum atomic E-state index is 13.2. The van der Waals surface area contributed by atoms with Crippen LogP contribution in [-0.4, -0.2) is 30.4 Å². The van der Waals surface area contributed by atoms with Crippen molar-refractivity contribution in [3.63, 3.8) is 0 Å². The quantitative estimate of drug-likeness (QED) is 0.816. The van der Waals surface area contributed by atoms with Gasteiger partial charge in [-0.3, -0.25) is 0 Å². The first-order valence-corrected chi connectivity index (χ1v) is 5.46. The lowest BCUT2D eigenvalue weighted by molar-refractivity contribution is -0.150. The number of rotatable bonds is 7. The van der Waals surface area contributed by atoms with Gasteiger partial charge in [0.25, 0.3) is 0 Å². The highest BCUT2D eigenvalue weighted by atomic mass is 19.1. The molecule has 0 bridgehead atoms. The Kier molecular flexibility index (Phi) is 5.51. The standard InChI is InChI=1S/C12H14F2O4/c1-2-17-11(12(15)16)5-6-18-10-4-3-8(13)7-9(10)14/h3-4,7,11H,2,5-6H2,1H3,(H,15,16). The van der Waals surface area contributed by atoms with E-state index in [9.17, 15) is 13.6 Å². The molecule has 6 heteroatoms. The Bertz CT molecular complexity index is 409. The number of carboxylic acids is 1. The number of aliphatic carboxylic acids is 1. The molecular weight excluding hydrogens is 246 g/mol. The largest absolute Gasteiger partial charge is 0.490 e. The van der Waals surface area contributed by atoms with E-state index in [1.54, 1.807) is 6.92 Å². The Morgan fingerprint density at radius 2 is 2.17 bits per heavy atom. The number of ether oxygens (including phenoxy) is 2. The molecule has 1 rings (SSSR count). The molecule has 0 heterocycles. The Morgan fingerprint density at radius 1 is 1.44 bits per heavy atom. The monoisotopic (exact) mass is 260 g/mol. The van der Waals surface area contributed by atoms with Gasteiger partial charge in [0.2, 0.25) is 0 Å². The molecule has 1 N–H and O–H groups in total. The Labute approximate surface area is 103 Å². The third-order valence-corrected chi connectivity index (χ3v) is 2.17. The summed E-state index contributed by atoms with van der Waals surface area (Å²) in [7, 11) is 0. The van der Waals surface area contributed by atoms with Gasteiger partial charge in [0, 0.05) is 19.1 Å². The fourth-order valence-electron chi connectivity index (χ4n) is 1.35. The van der Waals surface area contributed by atoms with Crippen LogP contribution in [0.15, 0.2) is 18.2 Å². The van der Waals surface area contributed by atoms with Gasteiger partial charge in [-0.25, -0.2) is 13.6 Å². The normalized spacial score (nSPS) is 12.2. The van der Waals surface area contributed by atoms with E-state index in [4.69, 9.17) is 14.6 Å². The van der Waals surface area contributed by atoms with Gasteiger partial charge in [0.15, 0.2) is 17.7 Å². The predicted molar refractivity (Wildman–Crippen MR) is 59.5 cm³/mol. The van der Waals surface area contributed by atoms with Crippen LogP contribution in [0.4, 0.5) is 8.78 Å². The molecule has 1 aromatic rings. The number of carbonyl (C=O) groups is 1. The highest BCUT2D eigenvalue weighted by Crippen LogP contribution is 2.18. The molecule has 4 nitrogen and oxygen atoms in total. The summed E-state index contributed by atoms with van der Waals surface area (Å²) < 4.78 is 35.8. The molecule has 0 spiro atoms. The van der Waals surface area contributed by atoms with E-state index < -0.39 is 23.7 Å². The molecular formula is C12H14F2O4. The zero-order valence-corrected chi connectivity index (χ0v) is 9.86. The van der Waals surface area contributed by atoms with Crippen molar-refractivity contribution in [2.45, 2.75) is 19.4 Å². The van der Waals surface area contributed by atoms with E-state index in [-0.39, 0.29) is 25.4 Å². The lowest BCUT2D eigenvalue weighted by atomic mass is 10.2. The molecule has 1 unspecified atom stereocenters. The van der Waals surface area contributed by atoms with Gasteiger partial charge in [0.05, 0.1) is 6.61 Å². The van der Waals surface area contributed by atoms with Crippen LogP contribution in [-0.2, 0) is 9.53 Å². The number of halogens is 2. The van der Waals surface area contributed by atoms with Crippen molar-refractivity contribution in [1.29, 1.82) is 0 Å². The molecule has 0 aliphatic heterocycles. The molecule has 100 valence electrons. The Morgan fingerprint density at radius 3 is 2.72 bits per heavy atom. The molecule has 0 aromatic heterocycles. The van der Waals surface area contributed by atoms with Gasteiger partial charge >= 0.3 is 5.97 Å². The van der Waals surface area contributed by atoms with Gasteiger partial charge in [-0.05, 0) is 19.1 Å². The van der Waals surface area contributed by atoms with Crippen LogP contribution in [0, 0.1) is 11.6 Å². The second kappa shape index (κ2) is 6.90. The summed E-state index contributed by atoms with van der Waals surface area (Å²) in [6.07, 6.45) is -0.904. The second-order valence-electron chi connectivity index (χ2n) is 3.49. The maximum Gasteiger partial charge on any atom is 0.332 e. The smallest absolute Gasteiger partial charge is 0.332 e. The first-order chi connectivity index (χ1) is 8.54. The number of hydrogen-bond donors (Lipinski definition) is 1. The van der Waals surface area contributed by atoms with Crippen molar-refractivity contribution < 1.29 is 28.2 Å². The van der Waals surface area contributed by atoms with Crippen molar-refractivity contribution >= 4 is 5.97 Å². The first-order valence-electron chi connectivity index (χ1n) is 5.46. The lowest BCUT2D eigenvalue weighted by Crippen LogP contribution is -2.26. The van der Waals surface area contributed by atoms with Crippen LogP contribution in [0.25, 0.3) is 0 Å². The average molecular weight is 260 g/mol. The minimum absolute atomic E-state index is 0.0283. The van der Waals surface area contributed by atoms with Crippen molar-refractivity contribution in [1.82, 2.24) is 0 Å². The summed E-state index contributed by atoms with van der Waals surface area (Å²) in [4.78, 5) is 10.7. The van der Waals surface area contributed by atoms with Crippen molar-refractivity contribution in [3.8, 4) is 5.75 Å².